The van der Waals surface area contributed by atoms with Gasteiger partial charge in [-0.25, -0.2) is 0 Å². The molecule has 0 aromatic carbocycles. The Morgan fingerprint density at radius 2 is 2.38 bits per heavy atom. The first-order valence-corrected chi connectivity index (χ1v) is 3.96. The maximum absolute atomic E-state index is 10.3. The van der Waals surface area contributed by atoms with Crippen molar-refractivity contribution in [1.82, 2.24) is 4.98 Å². The van der Waals surface area contributed by atoms with Crippen LogP contribution in [0.15, 0.2) is 12.1 Å². The molecule has 5 nitrogen and oxygen atoms in total. The zero-order chi connectivity index (χ0) is 9.84. The van der Waals surface area contributed by atoms with Gasteiger partial charge in [0, 0.05) is 12.1 Å². The summed E-state index contributed by atoms with van der Waals surface area (Å²) in [5.41, 5.74) is -0.217. The van der Waals surface area contributed by atoms with Crippen molar-refractivity contribution in [3.63, 3.8) is 0 Å². The molecule has 0 aliphatic carbocycles. The van der Waals surface area contributed by atoms with Crippen molar-refractivity contribution in [2.75, 3.05) is 6.61 Å². The van der Waals surface area contributed by atoms with Crippen LogP contribution in [0.1, 0.15) is 6.92 Å². The molecule has 1 rings (SSSR count). The highest BCUT2D eigenvalue weighted by Gasteiger charge is 2.13. The number of pyridine rings is 1. The van der Waals surface area contributed by atoms with E-state index in [1.165, 1.54) is 12.1 Å². The van der Waals surface area contributed by atoms with Crippen LogP contribution in [0.5, 0.6) is 5.88 Å². The minimum atomic E-state index is -0.592. The maximum atomic E-state index is 10.3. The Labute approximate surface area is 79.5 Å². The summed E-state index contributed by atoms with van der Waals surface area (Å²) in [6, 6.07) is 2.67. The van der Waals surface area contributed by atoms with Gasteiger partial charge in [-0.05, 0) is 6.92 Å². The summed E-state index contributed by atoms with van der Waals surface area (Å²) in [6.07, 6.45) is 0. The van der Waals surface area contributed by atoms with E-state index in [4.69, 9.17) is 16.3 Å². The molecule has 13 heavy (non-hydrogen) atoms. The van der Waals surface area contributed by atoms with Crippen molar-refractivity contribution < 1.29 is 9.66 Å². The number of nitrogens with zero attached hydrogens (tertiary/aromatic N) is 2. The quantitative estimate of drug-likeness (QED) is 0.427. The first kappa shape index (κ1) is 9.73. The van der Waals surface area contributed by atoms with E-state index in [0.29, 0.717) is 6.61 Å². The van der Waals surface area contributed by atoms with Crippen LogP contribution in [0.25, 0.3) is 0 Å². The number of aromatic nitrogens is 1. The van der Waals surface area contributed by atoms with Gasteiger partial charge in [-0.1, -0.05) is 11.6 Å². The second-order valence-corrected chi connectivity index (χ2v) is 2.51. The molecule has 1 aromatic heterocycles. The zero-order valence-corrected chi connectivity index (χ0v) is 7.61. The summed E-state index contributed by atoms with van der Waals surface area (Å²) in [7, 11) is 0. The molecule has 0 saturated carbocycles. The lowest BCUT2D eigenvalue weighted by atomic mass is 10.4. The lowest BCUT2D eigenvalue weighted by Gasteiger charge is -2.01. The highest BCUT2D eigenvalue weighted by atomic mass is 35.5. The second-order valence-electron chi connectivity index (χ2n) is 2.15. The van der Waals surface area contributed by atoms with Gasteiger partial charge in [0.15, 0.2) is 0 Å². The van der Waals surface area contributed by atoms with Crippen molar-refractivity contribution >= 4 is 17.3 Å². The number of rotatable bonds is 3. The zero-order valence-electron chi connectivity index (χ0n) is 6.86. The van der Waals surface area contributed by atoms with Crippen LogP contribution in [0, 0.1) is 10.1 Å². The van der Waals surface area contributed by atoms with Crippen LogP contribution >= 0.6 is 11.6 Å². The van der Waals surface area contributed by atoms with Gasteiger partial charge < -0.3 is 4.74 Å². The monoisotopic (exact) mass is 202 g/mol. The molecular weight excluding hydrogens is 196 g/mol. The van der Waals surface area contributed by atoms with Crippen LogP contribution in [-0.2, 0) is 0 Å². The molecule has 0 N–H and O–H groups in total. The number of hydrogen-bond acceptors (Lipinski definition) is 4. The number of hydrogen-bond donors (Lipinski definition) is 0. The highest BCUT2D eigenvalue weighted by Crippen LogP contribution is 2.24. The molecule has 70 valence electrons. The van der Waals surface area contributed by atoms with E-state index >= 15 is 0 Å². The SMILES string of the molecule is CCOc1ccc([N+](=O)[O-])c(Cl)n1. The largest absolute Gasteiger partial charge is 0.478 e. The van der Waals surface area contributed by atoms with Crippen LogP contribution in [0.4, 0.5) is 5.69 Å². The Bertz CT molecular complexity index is 330. The molecule has 0 fully saturated rings. The van der Waals surface area contributed by atoms with Gasteiger partial charge in [0.05, 0.1) is 11.5 Å². The normalized spacial score (nSPS) is 9.69. The number of ether oxygens (including phenoxy) is 1. The third-order valence-electron chi connectivity index (χ3n) is 1.29. The lowest BCUT2D eigenvalue weighted by molar-refractivity contribution is -0.385. The van der Waals surface area contributed by atoms with Crippen molar-refractivity contribution in [3.05, 3.63) is 27.4 Å². The molecule has 0 radical (unpaired) electrons. The molecule has 0 spiro atoms. The van der Waals surface area contributed by atoms with E-state index in [1.54, 1.807) is 6.92 Å². The Hall–Kier alpha value is -1.36. The van der Waals surface area contributed by atoms with Crippen LogP contribution < -0.4 is 4.74 Å². The summed E-state index contributed by atoms with van der Waals surface area (Å²) in [5.74, 6) is 0.290. The standard InChI is InChI=1S/C7H7ClN2O3/c1-2-13-6-4-3-5(10(11)12)7(8)9-6/h3-4H,2H2,1H3. The molecule has 1 aromatic rings. The minimum absolute atomic E-state index is 0.157. The fourth-order valence-corrected chi connectivity index (χ4v) is 0.990. The summed E-state index contributed by atoms with van der Waals surface area (Å²) in [5, 5.41) is 10.2. The Kier molecular flexibility index (Phi) is 3.02. The smallest absolute Gasteiger partial charge is 0.306 e. The van der Waals surface area contributed by atoms with Gasteiger partial charge in [-0.3, -0.25) is 10.1 Å². The first-order valence-electron chi connectivity index (χ1n) is 3.59. The highest BCUT2D eigenvalue weighted by molar-refractivity contribution is 6.31. The van der Waals surface area contributed by atoms with Crippen LogP contribution in [0.2, 0.25) is 5.15 Å². The molecule has 0 saturated heterocycles. The van der Waals surface area contributed by atoms with Crippen molar-refractivity contribution in [2.24, 2.45) is 0 Å². The van der Waals surface area contributed by atoms with Crippen molar-refractivity contribution in [3.8, 4) is 5.88 Å². The van der Waals surface area contributed by atoms with E-state index in [1.807, 2.05) is 0 Å². The first-order chi connectivity index (χ1) is 6.15. The van der Waals surface area contributed by atoms with Crippen LogP contribution in [-0.4, -0.2) is 16.5 Å². The topological polar surface area (TPSA) is 65.3 Å². The Morgan fingerprint density at radius 1 is 1.69 bits per heavy atom. The van der Waals surface area contributed by atoms with E-state index in [9.17, 15) is 10.1 Å². The van der Waals surface area contributed by atoms with Crippen LogP contribution in [0.3, 0.4) is 0 Å². The molecule has 0 atom stereocenters. The third-order valence-corrected chi connectivity index (χ3v) is 1.57. The summed E-state index contributed by atoms with van der Waals surface area (Å²) in [6.45, 7) is 2.23. The average Bonchev–Trinajstić information content (AvgIpc) is 2.04. The molecule has 0 aliphatic rings. The minimum Gasteiger partial charge on any atom is -0.478 e. The van der Waals surface area contributed by atoms with E-state index in [0.717, 1.165) is 0 Å². The van der Waals surface area contributed by atoms with E-state index in [2.05, 4.69) is 4.98 Å². The second kappa shape index (κ2) is 4.04. The molecule has 0 bridgehead atoms. The van der Waals surface area contributed by atoms with Gasteiger partial charge in [0.25, 0.3) is 0 Å². The fourth-order valence-electron chi connectivity index (χ4n) is 0.775. The molecule has 6 heteroatoms. The van der Waals surface area contributed by atoms with Gasteiger partial charge in [0.1, 0.15) is 0 Å². The molecule has 1 heterocycles. The van der Waals surface area contributed by atoms with E-state index in [-0.39, 0.29) is 16.7 Å². The summed E-state index contributed by atoms with van der Waals surface area (Å²) < 4.78 is 5.00. The Morgan fingerprint density at radius 3 is 2.85 bits per heavy atom. The molecule has 0 unspecified atom stereocenters. The van der Waals surface area contributed by atoms with Gasteiger partial charge in [0.2, 0.25) is 11.0 Å². The van der Waals surface area contributed by atoms with Gasteiger partial charge >= 0.3 is 5.69 Å². The van der Waals surface area contributed by atoms with Gasteiger partial charge in [-0.2, -0.15) is 4.98 Å². The lowest BCUT2D eigenvalue weighted by Crippen LogP contribution is -1.96. The predicted molar refractivity (Wildman–Crippen MR) is 47.1 cm³/mol. The maximum Gasteiger partial charge on any atom is 0.306 e. The number of halogens is 1. The average molecular weight is 203 g/mol. The fraction of sp³-hybridized carbons (Fsp3) is 0.286. The molecular formula is C7H7ClN2O3. The predicted octanol–water partition coefficient (Wildman–Crippen LogP) is 2.04. The summed E-state index contributed by atoms with van der Waals surface area (Å²) in [4.78, 5) is 13.4. The Balaban J connectivity index is 2.98. The number of nitro groups is 1. The van der Waals surface area contributed by atoms with E-state index < -0.39 is 4.92 Å². The van der Waals surface area contributed by atoms with Gasteiger partial charge in [-0.15, -0.1) is 0 Å². The molecule has 0 amide bonds. The third kappa shape index (κ3) is 2.29. The van der Waals surface area contributed by atoms with Crippen molar-refractivity contribution in [2.45, 2.75) is 6.92 Å². The summed E-state index contributed by atoms with van der Waals surface area (Å²) >= 11 is 5.53. The van der Waals surface area contributed by atoms with Crippen molar-refractivity contribution in [1.29, 1.82) is 0 Å². The molecule has 0 aliphatic heterocycles.